The number of carbonyl (C=O) groups is 1. The van der Waals surface area contributed by atoms with Gasteiger partial charge in [-0.05, 0) is 6.07 Å². The molecule has 186 valence electrons. The van der Waals surface area contributed by atoms with Gasteiger partial charge in [0, 0.05) is 42.1 Å². The molecule has 8 heteroatoms. The maximum atomic E-state index is 13.3. The maximum Gasteiger partial charge on any atom is 0.279 e. The van der Waals surface area contributed by atoms with Crippen molar-refractivity contribution in [2.45, 2.75) is 13.0 Å². The topological polar surface area (TPSA) is 86.9 Å². The van der Waals surface area contributed by atoms with Crippen LogP contribution in [-0.4, -0.2) is 50.0 Å². The Morgan fingerprint density at radius 3 is 2.25 bits per heavy atom. The zero-order valence-electron chi connectivity index (χ0n) is 20.8. The number of hydrogen-bond donors (Lipinski definition) is 2. The third kappa shape index (κ3) is 5.72. The number of rotatable bonds is 10. The van der Waals surface area contributed by atoms with Crippen LogP contribution in [0.25, 0.3) is 16.5 Å². The molecule has 0 saturated heterocycles. The summed E-state index contributed by atoms with van der Waals surface area (Å²) in [5.74, 6) is 0.703. The van der Waals surface area contributed by atoms with Crippen LogP contribution in [0.3, 0.4) is 0 Å². The Bertz CT molecular complexity index is 1380. The highest BCUT2D eigenvalue weighted by Gasteiger charge is 2.18. The molecule has 1 heterocycles. The monoisotopic (exact) mass is 487 g/mol. The Balaban J connectivity index is 1.54. The van der Waals surface area contributed by atoms with E-state index in [2.05, 4.69) is 29.6 Å². The van der Waals surface area contributed by atoms with Gasteiger partial charge in [0.15, 0.2) is 5.69 Å². The van der Waals surface area contributed by atoms with Crippen molar-refractivity contribution < 1.29 is 19.2 Å². The Morgan fingerprint density at radius 2 is 1.58 bits per heavy atom. The molecule has 0 aliphatic carbocycles. The van der Waals surface area contributed by atoms with Crippen LogP contribution in [-0.2, 0) is 6.54 Å². The summed E-state index contributed by atoms with van der Waals surface area (Å²) in [6.45, 7) is 2.34. The Morgan fingerprint density at radius 1 is 0.944 bits per heavy atom. The third-order valence-electron chi connectivity index (χ3n) is 6.02. The number of aromatic nitrogens is 2. The van der Waals surface area contributed by atoms with Crippen molar-refractivity contribution in [3.8, 4) is 17.2 Å². The van der Waals surface area contributed by atoms with E-state index in [4.69, 9.17) is 9.47 Å². The van der Waals surface area contributed by atoms with Gasteiger partial charge in [0.1, 0.15) is 18.0 Å². The minimum absolute atomic E-state index is 0.192. The Kier molecular flexibility index (Phi) is 7.97. The van der Waals surface area contributed by atoms with Crippen LogP contribution in [0.15, 0.2) is 77.6 Å². The minimum atomic E-state index is -0.330. The summed E-state index contributed by atoms with van der Waals surface area (Å²) >= 11 is 0. The molecule has 1 aromatic heterocycles. The Hall–Kier alpha value is -4.17. The zero-order valence-corrected chi connectivity index (χ0v) is 20.8. The fourth-order valence-electron chi connectivity index (χ4n) is 4.16. The minimum Gasteiger partial charge on any atom is -0.497 e. The quantitative estimate of drug-likeness (QED) is 0.335. The van der Waals surface area contributed by atoms with E-state index in [1.165, 1.54) is 29.4 Å². The first-order valence-electron chi connectivity index (χ1n) is 11.9. The molecule has 8 nitrogen and oxygen atoms in total. The third-order valence-corrected chi connectivity index (χ3v) is 6.02. The number of benzene rings is 3. The highest BCUT2D eigenvalue weighted by Crippen LogP contribution is 2.25. The van der Waals surface area contributed by atoms with E-state index in [0.29, 0.717) is 34.5 Å². The summed E-state index contributed by atoms with van der Waals surface area (Å²) in [5, 5.41) is 8.36. The van der Waals surface area contributed by atoms with Gasteiger partial charge in [-0.25, -0.2) is 0 Å². The molecule has 2 N–H and O–H groups in total. The second-order valence-corrected chi connectivity index (χ2v) is 8.66. The molecular formula is C28H31N4O4+. The highest BCUT2D eigenvalue weighted by atomic mass is 16.5. The second kappa shape index (κ2) is 11.5. The first-order valence-corrected chi connectivity index (χ1v) is 11.9. The number of nitrogens with zero attached hydrogens (tertiary/aromatic N) is 2. The van der Waals surface area contributed by atoms with Crippen LogP contribution in [0.1, 0.15) is 22.5 Å². The largest absolute Gasteiger partial charge is 0.497 e. The molecule has 0 saturated carbocycles. The van der Waals surface area contributed by atoms with E-state index in [1.54, 1.807) is 42.5 Å². The van der Waals surface area contributed by atoms with Crippen molar-refractivity contribution in [3.05, 3.63) is 94.4 Å². The lowest BCUT2D eigenvalue weighted by molar-refractivity contribution is -0.893. The summed E-state index contributed by atoms with van der Waals surface area (Å²) in [6, 6.07) is 22.4. The van der Waals surface area contributed by atoms with E-state index in [1.807, 2.05) is 18.2 Å². The number of methoxy groups -OCH3 is 2. The number of amides is 1. The number of quaternary nitrogens is 1. The first kappa shape index (κ1) is 24.9. The number of carbonyl (C=O) groups excluding carboxylic acids is 1. The lowest BCUT2D eigenvalue weighted by atomic mass is 10.1. The van der Waals surface area contributed by atoms with E-state index >= 15 is 0 Å². The second-order valence-electron chi connectivity index (χ2n) is 8.66. The zero-order chi connectivity index (χ0) is 25.5. The molecule has 36 heavy (non-hydrogen) atoms. The Labute approximate surface area is 210 Å². The molecule has 1 amide bonds. The smallest absolute Gasteiger partial charge is 0.279 e. The SMILES string of the molecule is COc1cc(OC)cc(-n2nc(C(=O)NCCC[NH+](C)Cc3ccccc3)c3ccccc3c2=O)c1. The molecular weight excluding hydrogens is 456 g/mol. The summed E-state index contributed by atoms with van der Waals surface area (Å²) in [6.07, 6.45) is 0.815. The molecule has 0 bridgehead atoms. The van der Waals surface area contributed by atoms with Crippen molar-refractivity contribution in [1.82, 2.24) is 15.1 Å². The van der Waals surface area contributed by atoms with Gasteiger partial charge in [0.2, 0.25) is 0 Å². The van der Waals surface area contributed by atoms with Crippen LogP contribution in [0.5, 0.6) is 11.5 Å². The van der Waals surface area contributed by atoms with Gasteiger partial charge in [0.25, 0.3) is 11.5 Å². The average molecular weight is 488 g/mol. The number of fused-ring (bicyclic) bond motifs is 1. The average Bonchev–Trinajstić information content (AvgIpc) is 2.91. The summed E-state index contributed by atoms with van der Waals surface area (Å²) < 4.78 is 11.9. The normalized spacial score (nSPS) is 11.8. The van der Waals surface area contributed by atoms with Gasteiger partial charge in [-0.15, -0.1) is 0 Å². The van der Waals surface area contributed by atoms with E-state index < -0.39 is 0 Å². The van der Waals surface area contributed by atoms with Gasteiger partial charge in [-0.3, -0.25) is 9.59 Å². The standard InChI is InChI=1S/C28H30N4O4/c1-31(19-20-10-5-4-6-11-20)15-9-14-29-27(33)26-24-12-7-8-13-25(24)28(34)32(30-26)21-16-22(35-2)18-23(17-21)36-3/h4-8,10-13,16-18H,9,14-15,19H2,1-3H3,(H,29,33)/p+1. The highest BCUT2D eigenvalue weighted by molar-refractivity contribution is 6.04. The van der Waals surface area contributed by atoms with Crippen molar-refractivity contribution >= 4 is 16.7 Å². The van der Waals surface area contributed by atoms with Crippen molar-refractivity contribution in [2.75, 3.05) is 34.4 Å². The molecule has 0 aliphatic heterocycles. The van der Waals surface area contributed by atoms with Crippen molar-refractivity contribution in [3.63, 3.8) is 0 Å². The number of hydrogen-bond acceptors (Lipinski definition) is 5. The van der Waals surface area contributed by atoms with Crippen LogP contribution in [0, 0.1) is 0 Å². The van der Waals surface area contributed by atoms with Crippen LogP contribution < -0.4 is 25.2 Å². The first-order chi connectivity index (χ1) is 17.5. The van der Waals surface area contributed by atoms with E-state index in [9.17, 15) is 9.59 Å². The molecule has 0 spiro atoms. The van der Waals surface area contributed by atoms with Gasteiger partial charge < -0.3 is 19.7 Å². The molecule has 1 atom stereocenters. The molecule has 0 aliphatic rings. The van der Waals surface area contributed by atoms with Crippen LogP contribution in [0.2, 0.25) is 0 Å². The van der Waals surface area contributed by atoms with E-state index in [-0.39, 0.29) is 17.2 Å². The lowest BCUT2D eigenvalue weighted by Gasteiger charge is -2.15. The summed E-state index contributed by atoms with van der Waals surface area (Å²) in [7, 11) is 5.21. The van der Waals surface area contributed by atoms with Gasteiger partial charge in [-0.2, -0.15) is 9.78 Å². The molecule has 3 aromatic carbocycles. The summed E-state index contributed by atoms with van der Waals surface area (Å²) in [4.78, 5) is 27.8. The fraction of sp³-hybridized carbons (Fsp3) is 0.250. The molecule has 0 radical (unpaired) electrons. The summed E-state index contributed by atoms with van der Waals surface area (Å²) in [5.41, 5.74) is 1.59. The van der Waals surface area contributed by atoms with Crippen LogP contribution in [0.4, 0.5) is 0 Å². The number of nitrogens with one attached hydrogen (secondary N) is 2. The van der Waals surface area contributed by atoms with Crippen molar-refractivity contribution in [1.29, 1.82) is 0 Å². The van der Waals surface area contributed by atoms with Crippen LogP contribution >= 0.6 is 0 Å². The predicted octanol–water partition coefficient (Wildman–Crippen LogP) is 2.24. The van der Waals surface area contributed by atoms with Gasteiger partial charge in [0.05, 0.1) is 38.9 Å². The predicted molar refractivity (Wildman–Crippen MR) is 139 cm³/mol. The lowest BCUT2D eigenvalue weighted by Crippen LogP contribution is -3.07. The van der Waals surface area contributed by atoms with Gasteiger partial charge in [-0.1, -0.05) is 48.5 Å². The molecule has 1 unspecified atom stereocenters. The fourth-order valence-corrected chi connectivity index (χ4v) is 4.16. The van der Waals surface area contributed by atoms with Crippen molar-refractivity contribution in [2.24, 2.45) is 0 Å². The van der Waals surface area contributed by atoms with E-state index in [0.717, 1.165) is 19.5 Å². The maximum absolute atomic E-state index is 13.3. The molecule has 4 rings (SSSR count). The number of ether oxygens (including phenoxy) is 2. The molecule has 4 aromatic rings. The van der Waals surface area contributed by atoms with Gasteiger partial charge >= 0.3 is 0 Å². The molecule has 0 fully saturated rings.